The molecule has 1 fully saturated rings. The van der Waals surface area contributed by atoms with Crippen LogP contribution in [0.25, 0.3) is 0 Å². The zero-order valence-electron chi connectivity index (χ0n) is 8.61. The number of amides is 1. The molecule has 3 nitrogen and oxygen atoms in total. The highest BCUT2D eigenvalue weighted by Crippen LogP contribution is 2.17. The standard InChI is InChI=1S/C11H13FN2O/c1-13-5-6-14(11(15)8-13)10-4-2-3-9(12)7-10/h2-4,7H,5-6,8H2,1H3. The second-order valence-electron chi connectivity index (χ2n) is 3.76. The van der Waals surface area contributed by atoms with Crippen molar-refractivity contribution in [1.29, 1.82) is 0 Å². The molecule has 2 rings (SSSR count). The maximum atomic E-state index is 13.0. The first-order valence-corrected chi connectivity index (χ1v) is 4.91. The number of rotatable bonds is 1. The summed E-state index contributed by atoms with van der Waals surface area (Å²) < 4.78 is 13.0. The van der Waals surface area contributed by atoms with E-state index in [2.05, 4.69) is 0 Å². The lowest BCUT2D eigenvalue weighted by Crippen LogP contribution is -2.48. The Morgan fingerprint density at radius 3 is 2.80 bits per heavy atom. The second-order valence-corrected chi connectivity index (χ2v) is 3.76. The first-order chi connectivity index (χ1) is 7.16. The van der Waals surface area contributed by atoms with E-state index >= 15 is 0 Å². The van der Waals surface area contributed by atoms with Crippen LogP contribution in [0.4, 0.5) is 10.1 Å². The molecule has 0 radical (unpaired) electrons. The summed E-state index contributed by atoms with van der Waals surface area (Å²) in [6, 6.07) is 6.15. The number of carbonyl (C=O) groups is 1. The van der Waals surface area contributed by atoms with Crippen molar-refractivity contribution in [3.8, 4) is 0 Å². The van der Waals surface area contributed by atoms with Gasteiger partial charge in [0.25, 0.3) is 0 Å². The second kappa shape index (κ2) is 3.98. The molecule has 0 aromatic heterocycles. The molecular weight excluding hydrogens is 195 g/mol. The molecule has 0 aliphatic carbocycles. The van der Waals surface area contributed by atoms with Crippen molar-refractivity contribution in [3.05, 3.63) is 30.1 Å². The molecule has 0 unspecified atom stereocenters. The fourth-order valence-electron chi connectivity index (χ4n) is 1.71. The van der Waals surface area contributed by atoms with Crippen molar-refractivity contribution in [1.82, 2.24) is 4.90 Å². The van der Waals surface area contributed by atoms with Crippen LogP contribution < -0.4 is 4.90 Å². The van der Waals surface area contributed by atoms with Gasteiger partial charge in [-0.2, -0.15) is 0 Å². The molecule has 1 aromatic carbocycles. The molecule has 80 valence electrons. The monoisotopic (exact) mass is 208 g/mol. The summed E-state index contributed by atoms with van der Waals surface area (Å²) in [7, 11) is 1.90. The van der Waals surface area contributed by atoms with Crippen LogP contribution in [-0.4, -0.2) is 37.5 Å². The van der Waals surface area contributed by atoms with Crippen molar-refractivity contribution < 1.29 is 9.18 Å². The van der Waals surface area contributed by atoms with E-state index in [1.165, 1.54) is 12.1 Å². The SMILES string of the molecule is CN1CCN(c2cccc(F)c2)C(=O)C1. The number of piperazine rings is 1. The molecule has 1 amide bonds. The maximum Gasteiger partial charge on any atom is 0.241 e. The Bertz CT molecular complexity index is 381. The third-order valence-electron chi connectivity index (χ3n) is 2.53. The summed E-state index contributed by atoms with van der Waals surface area (Å²) in [6.45, 7) is 1.84. The lowest BCUT2D eigenvalue weighted by Gasteiger charge is -2.32. The first kappa shape index (κ1) is 10.1. The molecule has 1 saturated heterocycles. The topological polar surface area (TPSA) is 23.6 Å². The molecular formula is C11H13FN2O. The third-order valence-corrected chi connectivity index (χ3v) is 2.53. The Labute approximate surface area is 88.1 Å². The summed E-state index contributed by atoms with van der Waals surface area (Å²) in [5.74, 6) is -0.284. The average Bonchev–Trinajstić information content (AvgIpc) is 2.17. The summed E-state index contributed by atoms with van der Waals surface area (Å²) in [6.07, 6.45) is 0. The van der Waals surface area contributed by atoms with Gasteiger partial charge in [0.2, 0.25) is 5.91 Å². The number of likely N-dealkylation sites (N-methyl/N-ethyl adjacent to an activating group) is 1. The summed E-state index contributed by atoms with van der Waals surface area (Å²) in [5, 5.41) is 0. The van der Waals surface area contributed by atoms with Gasteiger partial charge in [0, 0.05) is 18.8 Å². The van der Waals surface area contributed by atoms with Gasteiger partial charge in [0.15, 0.2) is 0 Å². The Hall–Kier alpha value is -1.42. The smallest absolute Gasteiger partial charge is 0.241 e. The predicted molar refractivity (Wildman–Crippen MR) is 56.3 cm³/mol. The van der Waals surface area contributed by atoms with Crippen LogP contribution in [0.2, 0.25) is 0 Å². The van der Waals surface area contributed by atoms with Crippen molar-refractivity contribution in [2.24, 2.45) is 0 Å². The van der Waals surface area contributed by atoms with E-state index in [1.54, 1.807) is 17.0 Å². The molecule has 0 bridgehead atoms. The number of benzene rings is 1. The van der Waals surface area contributed by atoms with E-state index in [9.17, 15) is 9.18 Å². The van der Waals surface area contributed by atoms with E-state index in [0.29, 0.717) is 18.8 Å². The first-order valence-electron chi connectivity index (χ1n) is 4.91. The minimum Gasteiger partial charge on any atom is -0.310 e. The zero-order valence-corrected chi connectivity index (χ0v) is 8.61. The highest BCUT2D eigenvalue weighted by molar-refractivity contribution is 5.95. The molecule has 1 aliphatic rings. The van der Waals surface area contributed by atoms with Gasteiger partial charge in [-0.05, 0) is 25.2 Å². The van der Waals surface area contributed by atoms with Gasteiger partial charge in [0.05, 0.1) is 6.54 Å². The largest absolute Gasteiger partial charge is 0.310 e. The van der Waals surface area contributed by atoms with E-state index in [0.717, 1.165) is 6.54 Å². The van der Waals surface area contributed by atoms with Crippen molar-refractivity contribution in [3.63, 3.8) is 0 Å². The van der Waals surface area contributed by atoms with Gasteiger partial charge in [0.1, 0.15) is 5.82 Å². The Kier molecular flexibility index (Phi) is 2.68. The highest BCUT2D eigenvalue weighted by atomic mass is 19.1. The molecule has 15 heavy (non-hydrogen) atoms. The molecule has 0 saturated carbocycles. The molecule has 4 heteroatoms. The van der Waals surface area contributed by atoms with Crippen LogP contribution in [-0.2, 0) is 4.79 Å². The quantitative estimate of drug-likeness (QED) is 0.690. The van der Waals surface area contributed by atoms with Crippen LogP contribution in [0, 0.1) is 5.82 Å². The molecule has 0 atom stereocenters. The predicted octanol–water partition coefficient (Wildman–Crippen LogP) is 1.10. The van der Waals surface area contributed by atoms with Crippen LogP contribution in [0.1, 0.15) is 0 Å². The Morgan fingerprint density at radius 1 is 1.33 bits per heavy atom. The van der Waals surface area contributed by atoms with Gasteiger partial charge in [-0.1, -0.05) is 6.07 Å². The van der Waals surface area contributed by atoms with Gasteiger partial charge in [-0.15, -0.1) is 0 Å². The maximum absolute atomic E-state index is 13.0. The van der Waals surface area contributed by atoms with Crippen molar-refractivity contribution in [2.75, 3.05) is 31.6 Å². The van der Waals surface area contributed by atoms with Crippen LogP contribution >= 0.6 is 0 Å². The lowest BCUT2D eigenvalue weighted by atomic mass is 10.2. The molecule has 0 N–H and O–H groups in total. The highest BCUT2D eigenvalue weighted by Gasteiger charge is 2.22. The minimum atomic E-state index is -0.306. The van der Waals surface area contributed by atoms with E-state index < -0.39 is 0 Å². The van der Waals surface area contributed by atoms with Gasteiger partial charge < -0.3 is 4.90 Å². The number of hydrogen-bond acceptors (Lipinski definition) is 2. The Morgan fingerprint density at radius 2 is 2.13 bits per heavy atom. The zero-order chi connectivity index (χ0) is 10.8. The summed E-state index contributed by atoms with van der Waals surface area (Å²) in [5.41, 5.74) is 0.646. The molecule has 0 spiro atoms. The van der Waals surface area contributed by atoms with Crippen LogP contribution in [0.5, 0.6) is 0 Å². The number of halogens is 1. The van der Waals surface area contributed by atoms with Gasteiger partial charge in [-0.3, -0.25) is 9.69 Å². The van der Waals surface area contributed by atoms with Crippen molar-refractivity contribution >= 4 is 11.6 Å². The number of anilines is 1. The minimum absolute atomic E-state index is 0.0225. The fourth-order valence-corrected chi connectivity index (χ4v) is 1.71. The number of nitrogens with zero attached hydrogens (tertiary/aromatic N) is 2. The number of hydrogen-bond donors (Lipinski definition) is 0. The molecule has 1 heterocycles. The van der Waals surface area contributed by atoms with Gasteiger partial charge in [-0.25, -0.2) is 4.39 Å². The van der Waals surface area contributed by atoms with E-state index in [1.807, 2.05) is 11.9 Å². The summed E-state index contributed by atoms with van der Waals surface area (Å²) >= 11 is 0. The molecule has 1 aromatic rings. The van der Waals surface area contributed by atoms with Crippen molar-refractivity contribution in [2.45, 2.75) is 0 Å². The fraction of sp³-hybridized carbons (Fsp3) is 0.364. The van der Waals surface area contributed by atoms with E-state index in [4.69, 9.17) is 0 Å². The number of carbonyl (C=O) groups excluding carboxylic acids is 1. The van der Waals surface area contributed by atoms with E-state index in [-0.39, 0.29) is 11.7 Å². The van der Waals surface area contributed by atoms with Crippen LogP contribution in [0.15, 0.2) is 24.3 Å². The Balaban J connectivity index is 2.20. The van der Waals surface area contributed by atoms with Crippen LogP contribution in [0.3, 0.4) is 0 Å². The molecule has 1 aliphatic heterocycles. The average molecular weight is 208 g/mol. The third kappa shape index (κ3) is 2.15. The summed E-state index contributed by atoms with van der Waals surface area (Å²) in [4.78, 5) is 15.3. The normalized spacial score (nSPS) is 18.3. The van der Waals surface area contributed by atoms with Gasteiger partial charge >= 0.3 is 0 Å². The lowest BCUT2D eigenvalue weighted by molar-refractivity contribution is -0.120.